The highest BCUT2D eigenvalue weighted by Crippen LogP contribution is 2.35. The van der Waals surface area contributed by atoms with Gasteiger partial charge in [-0.15, -0.1) is 11.8 Å². The number of piperazine rings is 1. The molecule has 2 N–H and O–H groups in total. The quantitative estimate of drug-likeness (QED) is 0.365. The van der Waals surface area contributed by atoms with E-state index in [1.54, 1.807) is 35.8 Å². The second-order valence-corrected chi connectivity index (χ2v) is 13.3. The average molecular weight is 627 g/mol. The smallest absolute Gasteiger partial charge is 0.245 e. The second kappa shape index (κ2) is 14.7. The van der Waals surface area contributed by atoms with Crippen LogP contribution in [0.2, 0.25) is 0 Å². The lowest BCUT2D eigenvalue weighted by molar-refractivity contribution is -0.137. The van der Waals surface area contributed by atoms with Crippen molar-refractivity contribution < 1.29 is 23.6 Å². The van der Waals surface area contributed by atoms with Gasteiger partial charge in [0, 0.05) is 57.1 Å². The van der Waals surface area contributed by atoms with Crippen molar-refractivity contribution >= 4 is 41.0 Å². The highest BCUT2D eigenvalue weighted by atomic mass is 32.2. The first-order valence-corrected chi connectivity index (χ1v) is 16.8. The summed E-state index contributed by atoms with van der Waals surface area (Å²) in [5.74, 6) is -1.15. The lowest BCUT2D eigenvalue weighted by Gasteiger charge is -2.34. The van der Waals surface area contributed by atoms with Crippen LogP contribution >= 0.6 is 11.8 Å². The third kappa shape index (κ3) is 7.69. The molecule has 1 saturated heterocycles. The van der Waals surface area contributed by atoms with Crippen molar-refractivity contribution in [3.63, 3.8) is 0 Å². The molecule has 2 fully saturated rings. The standard InChI is InChI=1S/C32H43FN6O4S/c1-3-29(41)35-27(31(43)38-13-11-37(2)12-14-38)18-21-9-10-26(25(33)17-21)36-30(42)23(22-7-5-4-6-8-22)19-28(40)24-20-34-39-15-16-44-32(24)39/h9-10,17,20,22-23,27H,3-8,11-16,18-19H2,1-2H3,(H,35,41)(H,36,42)/t23-,27+/m0/s1. The van der Waals surface area contributed by atoms with Gasteiger partial charge in [-0.2, -0.15) is 5.10 Å². The van der Waals surface area contributed by atoms with Crippen molar-refractivity contribution in [1.82, 2.24) is 24.9 Å². The van der Waals surface area contributed by atoms with Crippen LogP contribution in [0.4, 0.5) is 10.1 Å². The molecule has 12 heteroatoms. The number of carbonyl (C=O) groups is 4. The number of ketones is 1. The molecule has 5 rings (SSSR count). The Bertz CT molecular complexity index is 1370. The summed E-state index contributed by atoms with van der Waals surface area (Å²) < 4.78 is 17.3. The molecular weight excluding hydrogens is 583 g/mol. The first-order chi connectivity index (χ1) is 21.2. The van der Waals surface area contributed by atoms with Gasteiger partial charge in [0.1, 0.15) is 16.9 Å². The van der Waals surface area contributed by atoms with E-state index in [1.807, 2.05) is 11.7 Å². The van der Waals surface area contributed by atoms with Gasteiger partial charge < -0.3 is 20.4 Å². The predicted molar refractivity (Wildman–Crippen MR) is 167 cm³/mol. The van der Waals surface area contributed by atoms with E-state index in [-0.39, 0.29) is 54.4 Å². The number of rotatable bonds is 11. The lowest BCUT2D eigenvalue weighted by Crippen LogP contribution is -2.54. The minimum absolute atomic E-state index is 0.0357. The van der Waals surface area contributed by atoms with E-state index < -0.39 is 17.8 Å². The maximum atomic E-state index is 15.4. The number of aromatic nitrogens is 2. The van der Waals surface area contributed by atoms with Crippen LogP contribution in [0, 0.1) is 17.7 Å². The van der Waals surface area contributed by atoms with Gasteiger partial charge in [0.25, 0.3) is 0 Å². The zero-order valence-corrected chi connectivity index (χ0v) is 26.5. The number of hydrogen-bond donors (Lipinski definition) is 2. The molecule has 44 heavy (non-hydrogen) atoms. The molecule has 10 nitrogen and oxygen atoms in total. The Morgan fingerprint density at radius 1 is 1.07 bits per heavy atom. The molecular formula is C32H43FN6O4S. The van der Waals surface area contributed by atoms with Crippen molar-refractivity contribution in [2.75, 3.05) is 44.3 Å². The van der Waals surface area contributed by atoms with Crippen molar-refractivity contribution in [2.45, 2.75) is 75.9 Å². The molecule has 1 saturated carbocycles. The van der Waals surface area contributed by atoms with E-state index in [2.05, 4.69) is 20.6 Å². The molecule has 2 aromatic rings. The van der Waals surface area contributed by atoms with Crippen molar-refractivity contribution in [1.29, 1.82) is 0 Å². The molecule has 238 valence electrons. The van der Waals surface area contributed by atoms with Gasteiger partial charge in [-0.05, 0) is 43.5 Å². The number of hydrogen-bond acceptors (Lipinski definition) is 7. The predicted octanol–water partition coefficient (Wildman–Crippen LogP) is 3.75. The zero-order valence-electron chi connectivity index (χ0n) is 25.6. The third-order valence-corrected chi connectivity index (χ3v) is 10.2. The van der Waals surface area contributed by atoms with Crippen molar-refractivity contribution in [3.8, 4) is 0 Å². The van der Waals surface area contributed by atoms with Gasteiger partial charge >= 0.3 is 0 Å². The fraction of sp³-hybridized carbons (Fsp3) is 0.594. The Morgan fingerprint density at radius 2 is 1.82 bits per heavy atom. The minimum Gasteiger partial charge on any atom is -0.344 e. The van der Waals surface area contributed by atoms with E-state index in [1.165, 1.54) is 12.1 Å². The normalized spacial score (nSPS) is 18.8. The Labute approximate surface area is 262 Å². The number of likely N-dealkylation sites (N-methyl/N-ethyl adjacent to an activating group) is 1. The lowest BCUT2D eigenvalue weighted by atomic mass is 9.77. The number of fused-ring (bicyclic) bond motifs is 1. The summed E-state index contributed by atoms with van der Waals surface area (Å²) in [5, 5.41) is 10.8. The monoisotopic (exact) mass is 626 g/mol. The molecule has 2 aliphatic heterocycles. The molecule has 0 spiro atoms. The van der Waals surface area contributed by atoms with E-state index in [0.717, 1.165) is 62.5 Å². The average Bonchev–Trinajstić information content (AvgIpc) is 3.66. The van der Waals surface area contributed by atoms with Gasteiger partial charge in [0.05, 0.1) is 24.0 Å². The molecule has 1 aliphatic carbocycles. The Balaban J connectivity index is 1.28. The van der Waals surface area contributed by atoms with Crippen LogP contribution in [0.5, 0.6) is 0 Å². The van der Waals surface area contributed by atoms with Crippen LogP contribution in [-0.2, 0) is 27.3 Å². The third-order valence-electron chi connectivity index (χ3n) is 9.09. The Kier molecular flexibility index (Phi) is 10.7. The first-order valence-electron chi connectivity index (χ1n) is 15.8. The van der Waals surface area contributed by atoms with Gasteiger partial charge in [-0.25, -0.2) is 4.39 Å². The zero-order chi connectivity index (χ0) is 31.2. The number of benzene rings is 1. The second-order valence-electron chi connectivity index (χ2n) is 12.2. The number of halogens is 1. The summed E-state index contributed by atoms with van der Waals surface area (Å²) >= 11 is 1.61. The fourth-order valence-electron chi connectivity index (χ4n) is 6.42. The maximum Gasteiger partial charge on any atom is 0.245 e. The number of aryl methyl sites for hydroxylation is 1. The molecule has 2 atom stereocenters. The Morgan fingerprint density at radius 3 is 2.52 bits per heavy atom. The van der Waals surface area contributed by atoms with Crippen molar-refractivity contribution in [3.05, 3.63) is 41.3 Å². The summed E-state index contributed by atoms with van der Waals surface area (Å²) in [7, 11) is 2.00. The van der Waals surface area contributed by atoms with Crippen LogP contribution in [0.1, 0.15) is 67.8 Å². The number of Topliss-reactive ketones (excluding diaryl/α,β-unsaturated/α-hetero) is 1. The van der Waals surface area contributed by atoms with Crippen LogP contribution in [0.25, 0.3) is 0 Å². The highest BCUT2D eigenvalue weighted by molar-refractivity contribution is 7.99. The van der Waals surface area contributed by atoms with Gasteiger partial charge in [-0.3, -0.25) is 23.9 Å². The van der Waals surface area contributed by atoms with Gasteiger partial charge in [-0.1, -0.05) is 32.3 Å². The molecule has 1 aromatic carbocycles. The van der Waals surface area contributed by atoms with E-state index in [0.29, 0.717) is 24.2 Å². The highest BCUT2D eigenvalue weighted by Gasteiger charge is 2.34. The largest absolute Gasteiger partial charge is 0.344 e. The summed E-state index contributed by atoms with van der Waals surface area (Å²) in [6.45, 7) is 5.13. The molecule has 0 radical (unpaired) electrons. The summed E-state index contributed by atoms with van der Waals surface area (Å²) in [6.07, 6.45) is 6.87. The number of thioether (sulfide) groups is 1. The number of nitrogens with one attached hydrogen (secondary N) is 2. The molecule has 0 bridgehead atoms. The van der Waals surface area contributed by atoms with Crippen LogP contribution in [-0.4, -0.2) is 88.1 Å². The van der Waals surface area contributed by atoms with E-state index >= 15 is 4.39 Å². The SMILES string of the molecule is CCC(=O)N[C@H](Cc1ccc(NC(=O)[C@@H](CC(=O)c2cnn3c2SCC3)C2CCCCC2)c(F)c1)C(=O)N1CCN(C)CC1. The minimum atomic E-state index is -0.809. The van der Waals surface area contributed by atoms with Gasteiger partial charge in [0.2, 0.25) is 17.7 Å². The van der Waals surface area contributed by atoms with E-state index in [4.69, 9.17) is 0 Å². The topological polar surface area (TPSA) is 117 Å². The van der Waals surface area contributed by atoms with E-state index in [9.17, 15) is 19.2 Å². The van der Waals surface area contributed by atoms with Crippen LogP contribution < -0.4 is 10.6 Å². The molecule has 3 heterocycles. The number of carbonyl (C=O) groups excluding carboxylic acids is 4. The molecule has 3 aliphatic rings. The van der Waals surface area contributed by atoms with Crippen LogP contribution in [0.15, 0.2) is 29.4 Å². The number of nitrogens with zero attached hydrogens (tertiary/aromatic N) is 4. The van der Waals surface area contributed by atoms with Crippen molar-refractivity contribution in [2.24, 2.45) is 11.8 Å². The molecule has 3 amide bonds. The Hall–Kier alpha value is -3.25. The summed E-state index contributed by atoms with van der Waals surface area (Å²) in [4.78, 5) is 56.5. The first kappa shape index (κ1) is 32.2. The number of anilines is 1. The maximum absolute atomic E-state index is 15.4. The molecule has 0 unspecified atom stereocenters. The number of amides is 3. The van der Waals surface area contributed by atoms with Crippen LogP contribution in [0.3, 0.4) is 0 Å². The summed E-state index contributed by atoms with van der Waals surface area (Å²) in [5.41, 5.74) is 1.14. The summed E-state index contributed by atoms with van der Waals surface area (Å²) in [6, 6.07) is 3.68. The molecule has 1 aromatic heterocycles. The fourth-order valence-corrected chi connectivity index (χ4v) is 7.48. The van der Waals surface area contributed by atoms with Gasteiger partial charge in [0.15, 0.2) is 5.78 Å².